The van der Waals surface area contributed by atoms with Crippen LogP contribution in [0, 0.1) is 0 Å². The zero-order valence-corrected chi connectivity index (χ0v) is 12.3. The van der Waals surface area contributed by atoms with Gasteiger partial charge in [-0.3, -0.25) is 4.99 Å². The quantitative estimate of drug-likeness (QED) is 0.813. The van der Waals surface area contributed by atoms with Crippen LogP contribution < -0.4 is 5.32 Å². The van der Waals surface area contributed by atoms with Crippen LogP contribution >= 0.6 is 0 Å². The molecule has 0 bridgehead atoms. The van der Waals surface area contributed by atoms with Crippen LogP contribution in [-0.2, 0) is 18.6 Å². The molecule has 0 aromatic heterocycles. The molecule has 1 aliphatic heterocycles. The first kappa shape index (κ1) is 13.6. The van der Waals surface area contributed by atoms with Gasteiger partial charge in [0.2, 0.25) is 0 Å². The molecule has 2 N–H and O–H groups in total. The standard InChI is InChI=1S/C17H24N2O/c1-17(20,19-16-8-4-5-11-18-16)15-10-9-13-6-2-3-7-14(13)12-15/h9-10,12,20H,2-8,11H2,1H3,(H,18,19). The van der Waals surface area contributed by atoms with E-state index in [0.717, 1.165) is 43.6 Å². The summed E-state index contributed by atoms with van der Waals surface area (Å²) in [7, 11) is 0. The van der Waals surface area contributed by atoms with Crippen LogP contribution in [0.4, 0.5) is 0 Å². The maximum absolute atomic E-state index is 10.7. The smallest absolute Gasteiger partial charge is 0.159 e. The predicted molar refractivity (Wildman–Crippen MR) is 81.9 cm³/mol. The molecule has 0 saturated carbocycles. The number of rotatable bonds is 2. The largest absolute Gasteiger partial charge is 0.367 e. The lowest BCUT2D eigenvalue weighted by Gasteiger charge is -2.30. The minimum atomic E-state index is -1.03. The second kappa shape index (κ2) is 5.57. The molecule has 3 nitrogen and oxygen atoms in total. The lowest BCUT2D eigenvalue weighted by Crippen LogP contribution is -2.44. The van der Waals surface area contributed by atoms with E-state index in [2.05, 4.69) is 28.5 Å². The predicted octanol–water partition coefficient (Wildman–Crippen LogP) is 2.90. The number of hydrogen-bond donors (Lipinski definition) is 2. The van der Waals surface area contributed by atoms with E-state index in [1.54, 1.807) is 0 Å². The van der Waals surface area contributed by atoms with Crippen LogP contribution in [0.25, 0.3) is 0 Å². The van der Waals surface area contributed by atoms with Crippen molar-refractivity contribution in [3.05, 3.63) is 34.9 Å². The zero-order chi connectivity index (χ0) is 14.0. The lowest BCUT2D eigenvalue weighted by molar-refractivity contribution is 0.0400. The summed E-state index contributed by atoms with van der Waals surface area (Å²) in [6.07, 6.45) is 8.13. The molecule has 108 valence electrons. The average Bonchev–Trinajstić information content (AvgIpc) is 2.47. The van der Waals surface area contributed by atoms with Crippen molar-refractivity contribution in [2.75, 3.05) is 6.54 Å². The van der Waals surface area contributed by atoms with Gasteiger partial charge in [0.05, 0.1) is 5.84 Å². The third-order valence-electron chi connectivity index (χ3n) is 4.42. The molecule has 2 aliphatic rings. The summed E-state index contributed by atoms with van der Waals surface area (Å²) in [5, 5.41) is 14.0. The molecule has 1 aromatic carbocycles. The first-order valence-electron chi connectivity index (χ1n) is 7.81. The minimum Gasteiger partial charge on any atom is -0.367 e. The highest BCUT2D eigenvalue weighted by Gasteiger charge is 2.26. The number of amidine groups is 1. The molecule has 0 radical (unpaired) electrons. The van der Waals surface area contributed by atoms with E-state index in [1.165, 1.54) is 30.4 Å². The Kier molecular flexibility index (Phi) is 3.79. The fourth-order valence-electron chi connectivity index (χ4n) is 3.19. The Balaban J connectivity index is 1.81. The molecule has 0 spiro atoms. The number of fused-ring (bicyclic) bond motifs is 1. The summed E-state index contributed by atoms with van der Waals surface area (Å²) < 4.78 is 0. The Bertz CT molecular complexity index is 520. The molecule has 3 heteroatoms. The summed E-state index contributed by atoms with van der Waals surface area (Å²) in [5.74, 6) is 0.943. The number of aryl methyl sites for hydroxylation is 2. The van der Waals surface area contributed by atoms with Crippen molar-refractivity contribution in [2.45, 2.75) is 57.6 Å². The molecule has 0 fully saturated rings. The van der Waals surface area contributed by atoms with E-state index in [-0.39, 0.29) is 0 Å². The number of aliphatic hydroxyl groups is 1. The first-order chi connectivity index (χ1) is 9.65. The molecular weight excluding hydrogens is 248 g/mol. The molecular formula is C17H24N2O. The number of benzene rings is 1. The van der Waals surface area contributed by atoms with Crippen molar-refractivity contribution in [1.29, 1.82) is 0 Å². The Morgan fingerprint density at radius 2 is 1.80 bits per heavy atom. The van der Waals surface area contributed by atoms with E-state index in [4.69, 9.17) is 0 Å². The molecule has 1 unspecified atom stereocenters. The van der Waals surface area contributed by atoms with Crippen molar-refractivity contribution < 1.29 is 5.11 Å². The highest BCUT2D eigenvalue weighted by atomic mass is 16.3. The maximum atomic E-state index is 10.7. The van der Waals surface area contributed by atoms with Gasteiger partial charge in [-0.15, -0.1) is 0 Å². The second-order valence-electron chi connectivity index (χ2n) is 6.17. The van der Waals surface area contributed by atoms with E-state index >= 15 is 0 Å². The van der Waals surface area contributed by atoms with Crippen LogP contribution in [0.1, 0.15) is 55.7 Å². The molecule has 0 saturated heterocycles. The van der Waals surface area contributed by atoms with Crippen LogP contribution in [0.15, 0.2) is 23.2 Å². The van der Waals surface area contributed by atoms with Crippen molar-refractivity contribution in [1.82, 2.24) is 5.32 Å². The van der Waals surface area contributed by atoms with Gasteiger partial charge < -0.3 is 10.4 Å². The third kappa shape index (κ3) is 2.88. The van der Waals surface area contributed by atoms with Gasteiger partial charge in [0.1, 0.15) is 0 Å². The van der Waals surface area contributed by atoms with Gasteiger partial charge in [0.15, 0.2) is 5.72 Å². The monoisotopic (exact) mass is 272 g/mol. The van der Waals surface area contributed by atoms with Crippen LogP contribution in [0.2, 0.25) is 0 Å². The van der Waals surface area contributed by atoms with E-state index in [1.807, 2.05) is 6.92 Å². The number of nitrogens with one attached hydrogen (secondary N) is 1. The molecule has 1 aliphatic carbocycles. The summed E-state index contributed by atoms with van der Waals surface area (Å²) in [6, 6.07) is 6.41. The summed E-state index contributed by atoms with van der Waals surface area (Å²) in [4.78, 5) is 4.47. The third-order valence-corrected chi connectivity index (χ3v) is 4.42. The highest BCUT2D eigenvalue weighted by Crippen LogP contribution is 2.26. The highest BCUT2D eigenvalue weighted by molar-refractivity contribution is 5.83. The molecule has 1 heterocycles. The molecule has 1 aromatic rings. The van der Waals surface area contributed by atoms with Gasteiger partial charge in [-0.05, 0) is 56.6 Å². The van der Waals surface area contributed by atoms with Gasteiger partial charge in [0, 0.05) is 18.5 Å². The Labute approximate surface area is 121 Å². The zero-order valence-electron chi connectivity index (χ0n) is 12.3. The summed E-state index contributed by atoms with van der Waals surface area (Å²) in [5.41, 5.74) is 2.78. The van der Waals surface area contributed by atoms with Gasteiger partial charge in [-0.2, -0.15) is 0 Å². The molecule has 1 atom stereocenters. The Morgan fingerprint density at radius 3 is 2.55 bits per heavy atom. The summed E-state index contributed by atoms with van der Waals surface area (Å²) >= 11 is 0. The first-order valence-corrected chi connectivity index (χ1v) is 7.81. The number of hydrogen-bond acceptors (Lipinski definition) is 3. The van der Waals surface area contributed by atoms with Crippen molar-refractivity contribution in [2.24, 2.45) is 4.99 Å². The van der Waals surface area contributed by atoms with Gasteiger partial charge in [-0.25, -0.2) is 0 Å². The molecule has 20 heavy (non-hydrogen) atoms. The van der Waals surface area contributed by atoms with Gasteiger partial charge in [0.25, 0.3) is 0 Å². The van der Waals surface area contributed by atoms with E-state index in [9.17, 15) is 5.11 Å². The second-order valence-corrected chi connectivity index (χ2v) is 6.17. The molecule has 3 rings (SSSR count). The van der Waals surface area contributed by atoms with Gasteiger partial charge in [-0.1, -0.05) is 18.2 Å². The van der Waals surface area contributed by atoms with Crippen molar-refractivity contribution in [3.63, 3.8) is 0 Å². The van der Waals surface area contributed by atoms with Crippen LogP contribution in [-0.4, -0.2) is 17.5 Å². The SMILES string of the molecule is CC(O)(NC1=NCCCC1)c1ccc2c(c1)CCCC2. The normalized spacial score (nSPS) is 21.6. The Morgan fingerprint density at radius 1 is 1.05 bits per heavy atom. The molecule has 0 amide bonds. The van der Waals surface area contributed by atoms with E-state index < -0.39 is 5.72 Å². The van der Waals surface area contributed by atoms with Crippen molar-refractivity contribution in [3.8, 4) is 0 Å². The summed E-state index contributed by atoms with van der Waals surface area (Å²) in [6.45, 7) is 2.71. The van der Waals surface area contributed by atoms with Crippen molar-refractivity contribution >= 4 is 5.84 Å². The van der Waals surface area contributed by atoms with Crippen LogP contribution in [0.3, 0.4) is 0 Å². The topological polar surface area (TPSA) is 44.6 Å². The van der Waals surface area contributed by atoms with Gasteiger partial charge >= 0.3 is 0 Å². The Hall–Kier alpha value is -1.35. The van der Waals surface area contributed by atoms with E-state index in [0.29, 0.717) is 0 Å². The average molecular weight is 272 g/mol. The number of nitrogens with zero attached hydrogens (tertiary/aromatic N) is 1. The van der Waals surface area contributed by atoms with Crippen LogP contribution in [0.5, 0.6) is 0 Å². The minimum absolute atomic E-state index is 0.878. The fourth-order valence-corrected chi connectivity index (χ4v) is 3.19. The lowest BCUT2D eigenvalue weighted by atomic mass is 9.88. The fraction of sp³-hybridized carbons (Fsp3) is 0.588. The number of aliphatic imine (C=N–C) groups is 1. The maximum Gasteiger partial charge on any atom is 0.159 e.